The molecule has 0 aliphatic carbocycles. The van der Waals surface area contributed by atoms with E-state index in [9.17, 15) is 22.8 Å². The molecule has 0 bridgehead atoms. The number of nitrogens with one attached hydrogen (secondary N) is 2. The zero-order chi connectivity index (χ0) is 19.3. The van der Waals surface area contributed by atoms with Crippen molar-refractivity contribution < 1.29 is 27.5 Å². The van der Waals surface area contributed by atoms with Crippen molar-refractivity contribution in [2.75, 3.05) is 10.6 Å². The fraction of sp³-hybridized carbons (Fsp3) is 0.222. The topological polar surface area (TPSA) is 67.4 Å². The first-order chi connectivity index (χ1) is 12.1. The molecule has 2 N–H and O–H groups in total. The fourth-order valence-corrected chi connectivity index (χ4v) is 2.09. The van der Waals surface area contributed by atoms with E-state index in [1.807, 2.05) is 0 Å². The second-order valence-corrected chi connectivity index (χ2v) is 5.53. The second kappa shape index (κ2) is 7.90. The van der Waals surface area contributed by atoms with Crippen LogP contribution < -0.4 is 15.4 Å². The molecule has 0 unspecified atom stereocenters. The Balaban J connectivity index is 1.98. The normalized spacial score (nSPS) is 12.2. The third-order valence-electron chi connectivity index (χ3n) is 3.32. The van der Waals surface area contributed by atoms with Gasteiger partial charge in [-0.1, -0.05) is 6.07 Å². The molecule has 2 rings (SSSR count). The number of carbonyl (C=O) groups is 2. The number of ether oxygens (including phenoxy) is 1. The van der Waals surface area contributed by atoms with E-state index in [4.69, 9.17) is 4.74 Å². The maximum absolute atomic E-state index is 12.5. The van der Waals surface area contributed by atoms with Crippen LogP contribution in [0.4, 0.5) is 24.5 Å². The van der Waals surface area contributed by atoms with Crippen molar-refractivity contribution in [2.45, 2.75) is 26.1 Å². The molecule has 2 amide bonds. The highest BCUT2D eigenvalue weighted by atomic mass is 19.4. The van der Waals surface area contributed by atoms with E-state index in [0.29, 0.717) is 11.4 Å². The molecular formula is C18H17F3N2O3. The lowest BCUT2D eigenvalue weighted by Gasteiger charge is -2.16. The van der Waals surface area contributed by atoms with Crippen molar-refractivity contribution in [3.63, 3.8) is 0 Å². The van der Waals surface area contributed by atoms with Crippen LogP contribution in [-0.2, 0) is 15.8 Å². The van der Waals surface area contributed by atoms with Crippen LogP contribution >= 0.6 is 0 Å². The standard InChI is InChI=1S/C18H17F3N2O3/c1-11(26-16-5-3-4-15(10-16)22-12(2)24)17(25)23-14-8-6-13(7-9-14)18(19,20)21/h3-11H,1-2H3,(H,22,24)(H,23,25)/t11-/m1/s1. The summed E-state index contributed by atoms with van der Waals surface area (Å²) in [6, 6.07) is 10.6. The maximum Gasteiger partial charge on any atom is 0.416 e. The number of halogens is 3. The Morgan fingerprint density at radius 3 is 2.23 bits per heavy atom. The number of benzene rings is 2. The predicted molar refractivity (Wildman–Crippen MR) is 90.9 cm³/mol. The summed E-state index contributed by atoms with van der Waals surface area (Å²) >= 11 is 0. The van der Waals surface area contributed by atoms with Crippen molar-refractivity contribution in [1.82, 2.24) is 0 Å². The molecule has 0 saturated heterocycles. The van der Waals surface area contributed by atoms with Gasteiger partial charge in [-0.15, -0.1) is 0 Å². The average Bonchev–Trinajstić information content (AvgIpc) is 2.54. The second-order valence-electron chi connectivity index (χ2n) is 5.53. The van der Waals surface area contributed by atoms with Gasteiger partial charge in [-0.3, -0.25) is 9.59 Å². The fourth-order valence-electron chi connectivity index (χ4n) is 2.09. The lowest BCUT2D eigenvalue weighted by atomic mass is 10.2. The zero-order valence-electron chi connectivity index (χ0n) is 14.1. The van der Waals surface area contributed by atoms with Crippen LogP contribution in [0.15, 0.2) is 48.5 Å². The largest absolute Gasteiger partial charge is 0.481 e. The Kier molecular flexibility index (Phi) is 5.86. The summed E-state index contributed by atoms with van der Waals surface area (Å²) in [6.45, 7) is 2.87. The van der Waals surface area contributed by atoms with Crippen molar-refractivity contribution >= 4 is 23.2 Å². The SMILES string of the molecule is CC(=O)Nc1cccc(O[C@H](C)C(=O)Nc2ccc(C(F)(F)F)cc2)c1. The molecule has 138 valence electrons. The minimum atomic E-state index is -4.43. The van der Waals surface area contributed by atoms with E-state index in [2.05, 4.69) is 10.6 Å². The van der Waals surface area contributed by atoms with Crippen LogP contribution in [0.2, 0.25) is 0 Å². The van der Waals surface area contributed by atoms with Crippen LogP contribution in [0, 0.1) is 0 Å². The third kappa shape index (κ3) is 5.51. The van der Waals surface area contributed by atoms with Crippen LogP contribution in [0.5, 0.6) is 5.75 Å². The van der Waals surface area contributed by atoms with Crippen molar-refractivity contribution in [3.8, 4) is 5.75 Å². The molecule has 5 nitrogen and oxygen atoms in total. The van der Waals surface area contributed by atoms with Crippen LogP contribution in [-0.4, -0.2) is 17.9 Å². The summed E-state index contributed by atoms with van der Waals surface area (Å²) in [5.41, 5.74) is -0.0506. The molecule has 1 atom stereocenters. The Hall–Kier alpha value is -3.03. The predicted octanol–water partition coefficient (Wildman–Crippen LogP) is 4.07. The number of carbonyl (C=O) groups excluding carboxylic acids is 2. The molecule has 0 fully saturated rings. The van der Waals surface area contributed by atoms with E-state index in [1.54, 1.807) is 24.3 Å². The molecule has 2 aromatic carbocycles. The first kappa shape index (κ1) is 19.3. The summed E-state index contributed by atoms with van der Waals surface area (Å²) in [7, 11) is 0. The third-order valence-corrected chi connectivity index (χ3v) is 3.32. The van der Waals surface area contributed by atoms with E-state index in [0.717, 1.165) is 12.1 Å². The highest BCUT2D eigenvalue weighted by Gasteiger charge is 2.30. The van der Waals surface area contributed by atoms with E-state index < -0.39 is 23.8 Å². The van der Waals surface area contributed by atoms with Gasteiger partial charge in [0, 0.05) is 24.4 Å². The highest BCUT2D eigenvalue weighted by Crippen LogP contribution is 2.29. The van der Waals surface area contributed by atoms with E-state index in [-0.39, 0.29) is 11.6 Å². The summed E-state index contributed by atoms with van der Waals surface area (Å²) < 4.78 is 43.1. The smallest absolute Gasteiger partial charge is 0.416 e. The molecule has 0 radical (unpaired) electrons. The van der Waals surface area contributed by atoms with Gasteiger partial charge in [0.1, 0.15) is 5.75 Å². The number of rotatable bonds is 5. The van der Waals surface area contributed by atoms with Crippen LogP contribution in [0.3, 0.4) is 0 Å². The molecule has 0 heterocycles. The van der Waals surface area contributed by atoms with E-state index in [1.165, 1.54) is 26.0 Å². The zero-order valence-corrected chi connectivity index (χ0v) is 14.1. The van der Waals surface area contributed by atoms with Gasteiger partial charge in [-0.25, -0.2) is 0 Å². The van der Waals surface area contributed by atoms with Gasteiger partial charge in [-0.2, -0.15) is 13.2 Å². The van der Waals surface area contributed by atoms with Gasteiger partial charge in [0.2, 0.25) is 5.91 Å². The Bertz CT molecular complexity index is 789. The van der Waals surface area contributed by atoms with Gasteiger partial charge < -0.3 is 15.4 Å². The Labute approximate surface area is 148 Å². The minimum absolute atomic E-state index is 0.227. The lowest BCUT2D eigenvalue weighted by Crippen LogP contribution is -2.30. The molecule has 26 heavy (non-hydrogen) atoms. The number of alkyl halides is 3. The monoisotopic (exact) mass is 366 g/mol. The van der Waals surface area contributed by atoms with Gasteiger partial charge in [0.15, 0.2) is 6.10 Å². The van der Waals surface area contributed by atoms with Crippen LogP contribution in [0.1, 0.15) is 19.4 Å². The van der Waals surface area contributed by atoms with Crippen molar-refractivity contribution in [1.29, 1.82) is 0 Å². The molecule has 0 aliphatic rings. The number of anilines is 2. The molecule has 0 aliphatic heterocycles. The summed E-state index contributed by atoms with van der Waals surface area (Å²) in [5, 5.41) is 5.08. The van der Waals surface area contributed by atoms with Gasteiger partial charge in [0.05, 0.1) is 5.56 Å². The van der Waals surface area contributed by atoms with Crippen molar-refractivity contribution in [2.24, 2.45) is 0 Å². The van der Waals surface area contributed by atoms with Crippen LogP contribution in [0.25, 0.3) is 0 Å². The van der Waals surface area contributed by atoms with Gasteiger partial charge in [0.25, 0.3) is 5.91 Å². The molecule has 0 saturated carbocycles. The molecule has 0 aromatic heterocycles. The summed E-state index contributed by atoms with van der Waals surface area (Å²) in [6.07, 6.45) is -5.33. The van der Waals surface area contributed by atoms with Gasteiger partial charge >= 0.3 is 6.18 Å². The average molecular weight is 366 g/mol. The Morgan fingerprint density at radius 2 is 1.65 bits per heavy atom. The first-order valence-electron chi connectivity index (χ1n) is 7.67. The first-order valence-corrected chi connectivity index (χ1v) is 7.67. The number of hydrogen-bond acceptors (Lipinski definition) is 3. The number of hydrogen-bond donors (Lipinski definition) is 2. The van der Waals surface area contributed by atoms with E-state index >= 15 is 0 Å². The molecule has 8 heteroatoms. The number of amides is 2. The summed E-state index contributed by atoms with van der Waals surface area (Å²) in [5.74, 6) is -0.392. The van der Waals surface area contributed by atoms with Crippen molar-refractivity contribution in [3.05, 3.63) is 54.1 Å². The maximum atomic E-state index is 12.5. The molecular weight excluding hydrogens is 349 g/mol. The molecule has 0 spiro atoms. The minimum Gasteiger partial charge on any atom is -0.481 e. The highest BCUT2D eigenvalue weighted by molar-refractivity contribution is 5.94. The summed E-state index contributed by atoms with van der Waals surface area (Å²) in [4.78, 5) is 23.2. The molecule has 2 aromatic rings. The van der Waals surface area contributed by atoms with Gasteiger partial charge in [-0.05, 0) is 43.3 Å². The lowest BCUT2D eigenvalue weighted by molar-refractivity contribution is -0.137. The quantitative estimate of drug-likeness (QED) is 0.838. The Morgan fingerprint density at radius 1 is 1.00 bits per heavy atom.